The van der Waals surface area contributed by atoms with Crippen LogP contribution in [-0.2, 0) is 16.1 Å². The van der Waals surface area contributed by atoms with Gasteiger partial charge in [-0.3, -0.25) is 24.5 Å². The van der Waals surface area contributed by atoms with E-state index in [-0.39, 0.29) is 36.7 Å². The fraction of sp³-hybridized carbons (Fsp3) is 0.304. The Hall–Kier alpha value is -3.68. The van der Waals surface area contributed by atoms with E-state index >= 15 is 0 Å². The molecular weight excluding hydrogens is 398 g/mol. The number of imide groups is 1. The summed E-state index contributed by atoms with van der Waals surface area (Å²) in [5.41, 5.74) is 2.55. The third-order valence-electron chi connectivity index (χ3n) is 5.75. The molecule has 2 N–H and O–H groups in total. The van der Waals surface area contributed by atoms with Crippen molar-refractivity contribution < 1.29 is 23.9 Å². The number of methoxy groups -OCH3 is 1. The van der Waals surface area contributed by atoms with Gasteiger partial charge in [-0.2, -0.15) is 0 Å². The van der Waals surface area contributed by atoms with E-state index in [4.69, 9.17) is 4.74 Å². The largest absolute Gasteiger partial charge is 0.497 e. The van der Waals surface area contributed by atoms with Crippen molar-refractivity contribution in [3.8, 4) is 5.75 Å². The number of rotatable bonds is 5. The molecule has 4 rings (SSSR count). The minimum atomic E-state index is -0.676. The lowest BCUT2D eigenvalue weighted by Crippen LogP contribution is -2.52. The molecule has 2 aromatic rings. The Bertz CT molecular complexity index is 1060. The molecule has 2 atom stereocenters. The van der Waals surface area contributed by atoms with Crippen LogP contribution in [0.25, 0.3) is 0 Å². The highest BCUT2D eigenvalue weighted by molar-refractivity contribution is 6.06. The third kappa shape index (κ3) is 4.01. The second kappa shape index (κ2) is 8.22. The smallest absolute Gasteiger partial charge is 0.255 e. The summed E-state index contributed by atoms with van der Waals surface area (Å²) in [6, 6.07) is 11.5. The molecule has 8 nitrogen and oxygen atoms in total. The Morgan fingerprint density at radius 1 is 1.16 bits per heavy atom. The van der Waals surface area contributed by atoms with Gasteiger partial charge < -0.3 is 15.0 Å². The molecule has 31 heavy (non-hydrogen) atoms. The molecule has 2 aliphatic rings. The van der Waals surface area contributed by atoms with E-state index in [9.17, 15) is 19.2 Å². The maximum absolute atomic E-state index is 12.8. The SMILES string of the molecule is COc1ccc([C@H](C)NC(=O)c2ccc3c(c2)CN(C2CCC(=O)NC2=O)C3=O)cc1. The zero-order valence-electron chi connectivity index (χ0n) is 17.3. The Morgan fingerprint density at radius 3 is 2.58 bits per heavy atom. The predicted octanol–water partition coefficient (Wildman–Crippen LogP) is 1.95. The highest BCUT2D eigenvalue weighted by atomic mass is 16.5. The van der Waals surface area contributed by atoms with Crippen molar-refractivity contribution >= 4 is 23.6 Å². The van der Waals surface area contributed by atoms with E-state index in [0.29, 0.717) is 23.1 Å². The van der Waals surface area contributed by atoms with Crippen molar-refractivity contribution in [2.75, 3.05) is 7.11 Å². The van der Waals surface area contributed by atoms with Gasteiger partial charge in [0.15, 0.2) is 0 Å². The number of amides is 4. The van der Waals surface area contributed by atoms with Gasteiger partial charge in [0.1, 0.15) is 11.8 Å². The van der Waals surface area contributed by atoms with Crippen LogP contribution in [0.3, 0.4) is 0 Å². The quantitative estimate of drug-likeness (QED) is 0.718. The lowest BCUT2D eigenvalue weighted by Gasteiger charge is -2.29. The number of carbonyl (C=O) groups is 4. The van der Waals surface area contributed by atoms with E-state index in [2.05, 4.69) is 10.6 Å². The minimum Gasteiger partial charge on any atom is -0.497 e. The molecule has 0 radical (unpaired) electrons. The van der Waals surface area contributed by atoms with E-state index in [1.165, 1.54) is 4.90 Å². The summed E-state index contributed by atoms with van der Waals surface area (Å²) in [6.07, 6.45) is 0.505. The maximum atomic E-state index is 12.8. The van der Waals surface area contributed by atoms with Crippen LogP contribution >= 0.6 is 0 Å². The summed E-state index contributed by atoms with van der Waals surface area (Å²) in [5.74, 6) is -0.550. The number of hydrogen-bond acceptors (Lipinski definition) is 5. The van der Waals surface area contributed by atoms with Gasteiger partial charge in [-0.15, -0.1) is 0 Å². The molecule has 8 heteroatoms. The second-order valence-electron chi connectivity index (χ2n) is 7.74. The highest BCUT2D eigenvalue weighted by Crippen LogP contribution is 2.28. The van der Waals surface area contributed by atoms with Crippen LogP contribution in [0.1, 0.15) is 57.7 Å². The molecule has 2 aromatic carbocycles. The summed E-state index contributed by atoms with van der Waals surface area (Å²) in [7, 11) is 1.60. The van der Waals surface area contributed by atoms with Crippen molar-refractivity contribution in [1.29, 1.82) is 0 Å². The van der Waals surface area contributed by atoms with Gasteiger partial charge in [-0.05, 0) is 54.8 Å². The lowest BCUT2D eigenvalue weighted by molar-refractivity contribution is -0.136. The Labute approximate surface area is 179 Å². The van der Waals surface area contributed by atoms with E-state index < -0.39 is 11.9 Å². The van der Waals surface area contributed by atoms with Crippen LogP contribution in [0.5, 0.6) is 5.75 Å². The summed E-state index contributed by atoms with van der Waals surface area (Å²) < 4.78 is 5.15. The fourth-order valence-electron chi connectivity index (χ4n) is 3.97. The highest BCUT2D eigenvalue weighted by Gasteiger charge is 2.39. The number of nitrogens with zero attached hydrogens (tertiary/aromatic N) is 1. The first-order chi connectivity index (χ1) is 14.9. The zero-order valence-corrected chi connectivity index (χ0v) is 17.3. The van der Waals surface area contributed by atoms with Crippen LogP contribution < -0.4 is 15.4 Å². The predicted molar refractivity (Wildman–Crippen MR) is 111 cm³/mol. The number of nitrogens with one attached hydrogen (secondary N) is 2. The Kier molecular flexibility index (Phi) is 5.46. The van der Waals surface area contributed by atoms with Crippen LogP contribution in [0.4, 0.5) is 0 Å². The van der Waals surface area contributed by atoms with Crippen molar-refractivity contribution in [3.05, 3.63) is 64.7 Å². The monoisotopic (exact) mass is 421 g/mol. The van der Waals surface area contributed by atoms with Crippen molar-refractivity contribution in [2.24, 2.45) is 0 Å². The van der Waals surface area contributed by atoms with Crippen molar-refractivity contribution in [1.82, 2.24) is 15.5 Å². The molecule has 1 fully saturated rings. The van der Waals surface area contributed by atoms with Crippen molar-refractivity contribution in [3.63, 3.8) is 0 Å². The van der Waals surface area contributed by atoms with Gasteiger partial charge in [0.2, 0.25) is 11.8 Å². The summed E-state index contributed by atoms with van der Waals surface area (Å²) >= 11 is 0. The molecule has 0 spiro atoms. The lowest BCUT2D eigenvalue weighted by atomic mass is 10.0. The van der Waals surface area contributed by atoms with Gasteiger partial charge in [-0.25, -0.2) is 0 Å². The first-order valence-corrected chi connectivity index (χ1v) is 10.1. The average molecular weight is 421 g/mol. The van der Waals surface area contributed by atoms with Gasteiger partial charge in [0, 0.05) is 24.1 Å². The van der Waals surface area contributed by atoms with Gasteiger partial charge >= 0.3 is 0 Å². The van der Waals surface area contributed by atoms with Crippen LogP contribution in [0.2, 0.25) is 0 Å². The van der Waals surface area contributed by atoms with Gasteiger partial charge in [0.25, 0.3) is 11.8 Å². The standard InChI is InChI=1S/C23H23N3O5/c1-13(14-3-6-17(31-2)7-4-14)24-21(28)15-5-8-18-16(11-15)12-26(23(18)30)19-9-10-20(27)25-22(19)29/h3-8,11,13,19H,9-10,12H2,1-2H3,(H,24,28)(H,25,27,29)/t13-,19?/m0/s1. The summed E-state index contributed by atoms with van der Waals surface area (Å²) in [4.78, 5) is 50.6. The number of carbonyl (C=O) groups excluding carboxylic acids is 4. The number of benzene rings is 2. The summed E-state index contributed by atoms with van der Waals surface area (Å²) in [6.45, 7) is 2.12. The number of hydrogen-bond donors (Lipinski definition) is 2. The first kappa shape index (κ1) is 20.6. The van der Waals surface area contributed by atoms with Crippen molar-refractivity contribution in [2.45, 2.75) is 38.4 Å². The third-order valence-corrected chi connectivity index (χ3v) is 5.75. The molecule has 2 heterocycles. The van der Waals surface area contributed by atoms with Crippen LogP contribution in [0, 0.1) is 0 Å². The molecule has 4 amide bonds. The number of fused-ring (bicyclic) bond motifs is 1. The molecule has 1 unspecified atom stereocenters. The van der Waals surface area contributed by atoms with E-state index in [1.807, 2.05) is 31.2 Å². The molecule has 1 saturated heterocycles. The molecule has 0 aliphatic carbocycles. The number of piperidine rings is 1. The minimum absolute atomic E-state index is 0.202. The molecule has 0 aromatic heterocycles. The molecular formula is C23H23N3O5. The Morgan fingerprint density at radius 2 is 1.90 bits per heavy atom. The normalized spacial score (nSPS) is 19.0. The topological polar surface area (TPSA) is 105 Å². The van der Waals surface area contributed by atoms with E-state index in [0.717, 1.165) is 11.3 Å². The second-order valence-corrected chi connectivity index (χ2v) is 7.74. The van der Waals surface area contributed by atoms with Crippen LogP contribution in [-0.4, -0.2) is 41.7 Å². The number of ether oxygens (including phenoxy) is 1. The first-order valence-electron chi connectivity index (χ1n) is 10.1. The van der Waals surface area contributed by atoms with E-state index in [1.54, 1.807) is 25.3 Å². The van der Waals surface area contributed by atoms with Gasteiger partial charge in [-0.1, -0.05) is 12.1 Å². The fourth-order valence-corrected chi connectivity index (χ4v) is 3.97. The van der Waals surface area contributed by atoms with Gasteiger partial charge in [0.05, 0.1) is 13.2 Å². The molecule has 160 valence electrons. The van der Waals surface area contributed by atoms with Crippen LogP contribution in [0.15, 0.2) is 42.5 Å². The maximum Gasteiger partial charge on any atom is 0.255 e. The molecule has 2 aliphatic heterocycles. The average Bonchev–Trinajstić information content (AvgIpc) is 3.09. The summed E-state index contributed by atoms with van der Waals surface area (Å²) in [5, 5.41) is 5.24. The zero-order chi connectivity index (χ0) is 22.1. The molecule has 0 saturated carbocycles. The molecule has 0 bridgehead atoms. The Balaban J connectivity index is 1.46.